The van der Waals surface area contributed by atoms with Gasteiger partial charge in [-0.2, -0.15) is 5.10 Å². The van der Waals surface area contributed by atoms with Crippen molar-refractivity contribution in [1.82, 2.24) is 9.78 Å². The van der Waals surface area contributed by atoms with E-state index in [9.17, 15) is 4.79 Å². The second-order valence-electron chi connectivity index (χ2n) is 8.59. The van der Waals surface area contributed by atoms with Crippen molar-refractivity contribution < 1.29 is 19.0 Å². The molecule has 0 bridgehead atoms. The quantitative estimate of drug-likeness (QED) is 0.160. The van der Waals surface area contributed by atoms with Crippen molar-refractivity contribution in [2.75, 3.05) is 20.4 Å². The summed E-state index contributed by atoms with van der Waals surface area (Å²) in [5.41, 5.74) is 5.64. The first kappa shape index (κ1) is 25.9. The van der Waals surface area contributed by atoms with Crippen LogP contribution in [0, 0.1) is 13.8 Å². The average molecular weight is 454 g/mol. The van der Waals surface area contributed by atoms with Gasteiger partial charge in [-0.1, -0.05) is 57.7 Å². The van der Waals surface area contributed by atoms with Gasteiger partial charge in [-0.3, -0.25) is 9.67 Å². The number of aromatic nitrogens is 2. The normalized spacial score (nSPS) is 12.5. The highest BCUT2D eigenvalue weighted by Crippen LogP contribution is 2.31. The molecule has 7 nitrogen and oxygen atoms in total. The monoisotopic (exact) mass is 453 g/mol. The first-order chi connectivity index (χ1) is 15.6. The van der Waals surface area contributed by atoms with E-state index in [4.69, 9.17) is 14.2 Å². The fourth-order valence-electron chi connectivity index (χ4n) is 3.31. The molecule has 1 aromatic carbocycles. The molecule has 0 unspecified atom stereocenters. The fraction of sp³-hybridized carbons (Fsp3) is 0.423. The Hall–Kier alpha value is -3.35. The van der Waals surface area contributed by atoms with Gasteiger partial charge >= 0.3 is 6.16 Å². The van der Waals surface area contributed by atoms with E-state index in [-0.39, 0.29) is 18.8 Å². The molecule has 0 N–H and O–H groups in total. The predicted octanol–water partition coefficient (Wildman–Crippen LogP) is 5.70. The number of aliphatic imine (C=N–C) groups is 1. The number of allylic oxidation sites excluding steroid dienone is 1. The Morgan fingerprint density at radius 3 is 2.36 bits per heavy atom. The number of carbonyl (C=O) groups excluding carboxylic acids is 1. The van der Waals surface area contributed by atoms with E-state index in [1.807, 2.05) is 25.5 Å². The number of rotatable bonds is 9. The zero-order valence-electron chi connectivity index (χ0n) is 20.8. The zero-order chi connectivity index (χ0) is 24.6. The maximum absolute atomic E-state index is 11.8. The summed E-state index contributed by atoms with van der Waals surface area (Å²) >= 11 is 0. The lowest BCUT2D eigenvalue weighted by Crippen LogP contribution is -2.13. The van der Waals surface area contributed by atoms with Gasteiger partial charge in [0.25, 0.3) is 0 Å². The molecule has 0 atom stereocenters. The molecule has 178 valence electrons. The minimum absolute atomic E-state index is 0.0365. The van der Waals surface area contributed by atoms with Crippen molar-refractivity contribution in [2.24, 2.45) is 4.99 Å². The SMILES string of the molecule is C=CCOC(=O)OCO/C(=C(/C=N\C)c1ccc(C(C)(C)C)cc1)c1c(C)c(C)nn1CC. The first-order valence-corrected chi connectivity index (χ1v) is 11.0. The minimum atomic E-state index is -0.827. The van der Waals surface area contributed by atoms with Crippen LogP contribution in [0.25, 0.3) is 11.3 Å². The smallest absolute Gasteiger partial charge is 0.454 e. The third-order valence-corrected chi connectivity index (χ3v) is 5.21. The van der Waals surface area contributed by atoms with Gasteiger partial charge < -0.3 is 14.2 Å². The van der Waals surface area contributed by atoms with Crippen molar-refractivity contribution >= 4 is 23.7 Å². The van der Waals surface area contributed by atoms with Gasteiger partial charge in [0, 0.05) is 30.9 Å². The van der Waals surface area contributed by atoms with Gasteiger partial charge in [-0.25, -0.2) is 4.79 Å². The third-order valence-electron chi connectivity index (χ3n) is 5.21. The van der Waals surface area contributed by atoms with E-state index >= 15 is 0 Å². The molecule has 1 heterocycles. The van der Waals surface area contributed by atoms with Crippen LogP contribution in [0.5, 0.6) is 0 Å². The Balaban J connectivity index is 2.58. The van der Waals surface area contributed by atoms with Crippen LogP contribution in [-0.2, 0) is 26.2 Å². The predicted molar refractivity (Wildman–Crippen MR) is 132 cm³/mol. The van der Waals surface area contributed by atoms with Gasteiger partial charge in [0.05, 0.1) is 5.69 Å². The lowest BCUT2D eigenvalue weighted by Gasteiger charge is -2.20. The van der Waals surface area contributed by atoms with Crippen LogP contribution in [0.15, 0.2) is 41.9 Å². The fourth-order valence-corrected chi connectivity index (χ4v) is 3.31. The van der Waals surface area contributed by atoms with Gasteiger partial charge in [0.15, 0.2) is 5.76 Å². The standard InChI is InChI=1S/C26H35N3O4/c1-9-15-31-25(30)33-17-32-24(23-18(3)19(4)28-29(23)10-2)22(16-27-8)20-11-13-21(14-12-20)26(5,6)7/h9,11-14,16H,1,10,15,17H2,2-8H3/b24-22-,27-16-. The second-order valence-corrected chi connectivity index (χ2v) is 8.59. The van der Waals surface area contributed by atoms with Crippen LogP contribution in [0.3, 0.4) is 0 Å². The lowest BCUT2D eigenvalue weighted by molar-refractivity contribution is -0.00152. The van der Waals surface area contributed by atoms with Crippen LogP contribution in [0.2, 0.25) is 0 Å². The van der Waals surface area contributed by atoms with Crippen LogP contribution >= 0.6 is 0 Å². The first-order valence-electron chi connectivity index (χ1n) is 11.0. The van der Waals surface area contributed by atoms with Gasteiger partial charge in [0.1, 0.15) is 12.3 Å². The molecule has 0 radical (unpaired) electrons. The summed E-state index contributed by atoms with van der Waals surface area (Å²) in [5.74, 6) is 0.528. The van der Waals surface area contributed by atoms with E-state index in [1.165, 1.54) is 11.6 Å². The molecule has 33 heavy (non-hydrogen) atoms. The topological polar surface area (TPSA) is 74.9 Å². The average Bonchev–Trinajstić information content (AvgIpc) is 3.07. The van der Waals surface area contributed by atoms with E-state index in [0.717, 1.165) is 28.1 Å². The molecule has 0 fully saturated rings. The number of aryl methyl sites for hydroxylation is 2. The molecule has 2 aromatic rings. The highest BCUT2D eigenvalue weighted by Gasteiger charge is 2.22. The van der Waals surface area contributed by atoms with Gasteiger partial charge in [0.2, 0.25) is 6.79 Å². The molecule has 0 aliphatic rings. The molecule has 1 aromatic heterocycles. The molecule has 0 saturated carbocycles. The van der Waals surface area contributed by atoms with Crippen molar-refractivity contribution in [2.45, 2.75) is 53.5 Å². The highest BCUT2D eigenvalue weighted by molar-refractivity contribution is 6.18. The van der Waals surface area contributed by atoms with Gasteiger partial charge in [-0.05, 0) is 37.3 Å². The maximum atomic E-state index is 11.8. The number of benzene rings is 1. The molecular weight excluding hydrogens is 418 g/mol. The van der Waals surface area contributed by atoms with Crippen LogP contribution in [-0.4, -0.2) is 42.6 Å². The summed E-state index contributed by atoms with van der Waals surface area (Å²) in [6, 6.07) is 8.31. The molecule has 0 spiro atoms. The van der Waals surface area contributed by atoms with Crippen molar-refractivity contribution in [1.29, 1.82) is 0 Å². The van der Waals surface area contributed by atoms with E-state index in [2.05, 4.69) is 61.7 Å². The number of ether oxygens (including phenoxy) is 3. The number of carbonyl (C=O) groups is 1. The van der Waals surface area contributed by atoms with Crippen LogP contribution in [0.1, 0.15) is 55.8 Å². The Labute approximate surface area is 196 Å². The van der Waals surface area contributed by atoms with Crippen LogP contribution < -0.4 is 0 Å². The summed E-state index contributed by atoms with van der Waals surface area (Å²) in [6.45, 7) is 16.4. The molecule has 0 aliphatic carbocycles. The Bertz CT molecular complexity index is 1030. The summed E-state index contributed by atoms with van der Waals surface area (Å²) in [6.07, 6.45) is 2.39. The summed E-state index contributed by atoms with van der Waals surface area (Å²) < 4.78 is 17.9. The number of nitrogens with zero attached hydrogens (tertiary/aromatic N) is 3. The van der Waals surface area contributed by atoms with E-state index in [0.29, 0.717) is 12.3 Å². The highest BCUT2D eigenvalue weighted by atomic mass is 16.8. The third kappa shape index (κ3) is 6.57. The minimum Gasteiger partial charge on any atom is -0.454 e. The maximum Gasteiger partial charge on any atom is 0.511 e. The summed E-state index contributed by atoms with van der Waals surface area (Å²) in [4.78, 5) is 16.0. The van der Waals surface area contributed by atoms with Crippen molar-refractivity contribution in [3.63, 3.8) is 0 Å². The molecular formula is C26H35N3O4. The molecule has 0 amide bonds. The molecule has 2 rings (SSSR count). The number of hydrogen-bond donors (Lipinski definition) is 0. The second kappa shape index (κ2) is 11.5. The largest absolute Gasteiger partial charge is 0.511 e. The summed E-state index contributed by atoms with van der Waals surface area (Å²) in [5, 5.41) is 4.63. The lowest BCUT2D eigenvalue weighted by atomic mass is 9.86. The van der Waals surface area contributed by atoms with Crippen molar-refractivity contribution in [3.8, 4) is 0 Å². The molecule has 0 aliphatic heterocycles. The molecule has 7 heteroatoms. The summed E-state index contributed by atoms with van der Waals surface area (Å²) in [7, 11) is 1.71. The van der Waals surface area contributed by atoms with E-state index in [1.54, 1.807) is 13.3 Å². The van der Waals surface area contributed by atoms with Crippen LogP contribution in [0.4, 0.5) is 4.79 Å². The van der Waals surface area contributed by atoms with Crippen molar-refractivity contribution in [3.05, 3.63) is 65.0 Å². The molecule has 0 saturated heterocycles. The van der Waals surface area contributed by atoms with E-state index < -0.39 is 6.16 Å². The Morgan fingerprint density at radius 2 is 1.82 bits per heavy atom. The Morgan fingerprint density at radius 1 is 1.15 bits per heavy atom. The van der Waals surface area contributed by atoms with Gasteiger partial charge in [-0.15, -0.1) is 0 Å². The number of hydrogen-bond acceptors (Lipinski definition) is 6. The zero-order valence-corrected chi connectivity index (χ0v) is 20.8. The Kier molecular flexibility index (Phi) is 9.02.